The Morgan fingerprint density at radius 2 is 2.08 bits per heavy atom. The van der Waals surface area contributed by atoms with Gasteiger partial charge in [-0.3, -0.25) is 0 Å². The van der Waals surface area contributed by atoms with Crippen LogP contribution in [0.1, 0.15) is 17.8 Å². The van der Waals surface area contributed by atoms with Gasteiger partial charge in [0.25, 0.3) is 6.43 Å². The molecule has 13 heavy (non-hydrogen) atoms. The van der Waals surface area contributed by atoms with Gasteiger partial charge in [0, 0.05) is 5.33 Å². The highest BCUT2D eigenvalue weighted by molar-refractivity contribution is 9.08. The molecule has 0 amide bonds. The normalized spacial score (nSPS) is 10.9. The van der Waals surface area contributed by atoms with E-state index in [4.69, 9.17) is 23.2 Å². The second-order valence-corrected chi connectivity index (χ2v) is 3.57. The van der Waals surface area contributed by atoms with E-state index in [9.17, 15) is 8.78 Å². The number of rotatable bonds is 2. The summed E-state index contributed by atoms with van der Waals surface area (Å²) >= 11 is 14.2. The maximum atomic E-state index is 12.3. The minimum absolute atomic E-state index is 0.0985. The van der Waals surface area contributed by atoms with E-state index in [0.29, 0.717) is 11.0 Å². The lowest BCUT2D eigenvalue weighted by atomic mass is 10.3. The van der Waals surface area contributed by atoms with Crippen molar-refractivity contribution in [3.05, 3.63) is 27.5 Å². The molecular weight excluding hydrogens is 287 g/mol. The van der Waals surface area contributed by atoms with Gasteiger partial charge in [-0.2, -0.15) is 0 Å². The highest BCUT2D eigenvalue weighted by Gasteiger charge is 2.17. The first-order valence-corrected chi connectivity index (χ1v) is 5.13. The predicted molar refractivity (Wildman–Crippen MR) is 51.8 cm³/mol. The average molecular weight is 291 g/mol. The van der Waals surface area contributed by atoms with Gasteiger partial charge in [0.1, 0.15) is 5.69 Å². The summed E-state index contributed by atoms with van der Waals surface area (Å²) in [6.45, 7) is 0. The summed E-state index contributed by atoms with van der Waals surface area (Å²) in [5.74, 6) is 0. The van der Waals surface area contributed by atoms with Gasteiger partial charge in [0.05, 0.1) is 15.7 Å². The molecule has 0 aromatic carbocycles. The molecule has 1 aromatic heterocycles. The van der Waals surface area contributed by atoms with E-state index in [1.807, 2.05) is 0 Å². The van der Waals surface area contributed by atoms with Gasteiger partial charge < -0.3 is 0 Å². The first-order chi connectivity index (χ1) is 6.06. The number of alkyl halides is 3. The molecule has 1 rings (SSSR count). The Bertz CT molecular complexity index is 320. The molecule has 1 nitrogen and oxygen atoms in total. The third-order valence-electron chi connectivity index (χ3n) is 1.34. The summed E-state index contributed by atoms with van der Waals surface area (Å²) in [5.41, 5.74) is -0.0340. The van der Waals surface area contributed by atoms with Crippen molar-refractivity contribution in [3.8, 4) is 0 Å². The topological polar surface area (TPSA) is 12.9 Å². The van der Waals surface area contributed by atoms with Crippen molar-refractivity contribution in [2.45, 2.75) is 11.8 Å². The van der Waals surface area contributed by atoms with Crippen molar-refractivity contribution in [2.24, 2.45) is 0 Å². The zero-order valence-electron chi connectivity index (χ0n) is 6.20. The monoisotopic (exact) mass is 289 g/mol. The van der Waals surface area contributed by atoms with E-state index in [1.165, 1.54) is 6.07 Å². The summed E-state index contributed by atoms with van der Waals surface area (Å²) in [6, 6.07) is 1.45. The number of hydrogen-bond donors (Lipinski definition) is 0. The number of nitrogens with zero attached hydrogens (tertiary/aromatic N) is 1. The number of pyridine rings is 1. The molecule has 1 aromatic rings. The second kappa shape index (κ2) is 4.53. The third kappa shape index (κ3) is 2.51. The molecule has 0 aliphatic heterocycles. The Balaban J connectivity index is 3.25. The van der Waals surface area contributed by atoms with Crippen LogP contribution in [0.3, 0.4) is 0 Å². The van der Waals surface area contributed by atoms with Crippen LogP contribution in [0, 0.1) is 0 Å². The Morgan fingerprint density at radius 3 is 2.54 bits per heavy atom. The first-order valence-electron chi connectivity index (χ1n) is 3.25. The van der Waals surface area contributed by atoms with Crippen LogP contribution in [0.2, 0.25) is 10.0 Å². The minimum Gasteiger partial charge on any atom is -0.249 e. The fourth-order valence-corrected chi connectivity index (χ4v) is 1.47. The van der Waals surface area contributed by atoms with E-state index in [0.717, 1.165) is 0 Å². The summed E-state index contributed by atoms with van der Waals surface area (Å²) < 4.78 is 24.6. The van der Waals surface area contributed by atoms with Gasteiger partial charge in [-0.25, -0.2) is 13.8 Å². The minimum atomic E-state index is -2.70. The van der Waals surface area contributed by atoms with E-state index < -0.39 is 12.1 Å². The van der Waals surface area contributed by atoms with Crippen LogP contribution in [0.15, 0.2) is 6.07 Å². The second-order valence-electron chi connectivity index (χ2n) is 2.23. The SMILES string of the molecule is FC(F)c1nc(CBr)cc(Cl)c1Cl. The summed E-state index contributed by atoms with van der Waals surface area (Å²) in [4.78, 5) is 3.64. The molecular formula is C7H4BrCl2F2N. The van der Waals surface area contributed by atoms with Gasteiger partial charge in [0.15, 0.2) is 0 Å². The lowest BCUT2D eigenvalue weighted by molar-refractivity contribution is 0.146. The Hall–Kier alpha value is 0.0700. The quantitative estimate of drug-likeness (QED) is 0.743. The van der Waals surface area contributed by atoms with Gasteiger partial charge in [-0.1, -0.05) is 39.1 Å². The average Bonchev–Trinajstić information content (AvgIpc) is 2.09. The van der Waals surface area contributed by atoms with Crippen LogP contribution in [-0.4, -0.2) is 4.98 Å². The molecule has 0 unspecified atom stereocenters. The maximum absolute atomic E-state index is 12.3. The third-order valence-corrected chi connectivity index (χ3v) is 2.70. The van der Waals surface area contributed by atoms with Crippen molar-refractivity contribution in [1.29, 1.82) is 0 Å². The molecule has 1 heterocycles. The molecule has 0 radical (unpaired) electrons. The molecule has 0 saturated heterocycles. The van der Waals surface area contributed by atoms with E-state index in [-0.39, 0.29) is 10.0 Å². The first kappa shape index (κ1) is 11.1. The van der Waals surface area contributed by atoms with Crippen molar-refractivity contribution in [2.75, 3.05) is 0 Å². The van der Waals surface area contributed by atoms with E-state index >= 15 is 0 Å². The fraction of sp³-hybridized carbons (Fsp3) is 0.286. The molecule has 0 aliphatic carbocycles. The Labute approximate surface area is 92.2 Å². The van der Waals surface area contributed by atoms with Crippen LogP contribution >= 0.6 is 39.1 Å². The van der Waals surface area contributed by atoms with Crippen molar-refractivity contribution >= 4 is 39.1 Å². The van der Waals surface area contributed by atoms with Crippen molar-refractivity contribution < 1.29 is 8.78 Å². The molecule has 0 N–H and O–H groups in total. The molecule has 0 fully saturated rings. The number of aromatic nitrogens is 1. The highest BCUT2D eigenvalue weighted by atomic mass is 79.9. The van der Waals surface area contributed by atoms with Crippen LogP contribution in [0.25, 0.3) is 0 Å². The van der Waals surface area contributed by atoms with Crippen molar-refractivity contribution in [1.82, 2.24) is 4.98 Å². The van der Waals surface area contributed by atoms with Gasteiger partial charge in [-0.15, -0.1) is 0 Å². The Kier molecular flexibility index (Phi) is 3.88. The lowest BCUT2D eigenvalue weighted by Gasteiger charge is -2.05. The fourth-order valence-electron chi connectivity index (χ4n) is 0.781. The number of halogens is 5. The number of hydrogen-bond acceptors (Lipinski definition) is 1. The smallest absolute Gasteiger partial charge is 0.249 e. The van der Waals surface area contributed by atoms with Gasteiger partial charge >= 0.3 is 0 Å². The molecule has 0 saturated carbocycles. The molecule has 0 atom stereocenters. The summed E-state index contributed by atoms with van der Waals surface area (Å²) in [5, 5.41) is 0.284. The largest absolute Gasteiger partial charge is 0.281 e. The zero-order chi connectivity index (χ0) is 10.0. The van der Waals surface area contributed by atoms with Gasteiger partial charge in [0.2, 0.25) is 0 Å². The van der Waals surface area contributed by atoms with Crippen molar-refractivity contribution in [3.63, 3.8) is 0 Å². The van der Waals surface area contributed by atoms with Gasteiger partial charge in [-0.05, 0) is 6.07 Å². The molecule has 0 spiro atoms. The van der Waals surface area contributed by atoms with E-state index in [2.05, 4.69) is 20.9 Å². The highest BCUT2D eigenvalue weighted by Crippen LogP contribution is 2.31. The molecule has 0 bridgehead atoms. The lowest BCUT2D eigenvalue weighted by Crippen LogP contribution is -1.96. The summed E-state index contributed by atoms with van der Waals surface area (Å²) in [6.07, 6.45) is -2.70. The zero-order valence-corrected chi connectivity index (χ0v) is 9.30. The van der Waals surface area contributed by atoms with E-state index in [1.54, 1.807) is 0 Å². The predicted octanol–water partition coefficient (Wildman–Crippen LogP) is 4.22. The Morgan fingerprint density at radius 1 is 1.46 bits per heavy atom. The molecule has 0 aliphatic rings. The van der Waals surface area contributed by atoms with Crippen LogP contribution in [-0.2, 0) is 5.33 Å². The summed E-state index contributed by atoms with van der Waals surface area (Å²) in [7, 11) is 0. The molecule has 6 heteroatoms. The standard InChI is InChI=1S/C7H4BrCl2F2N/c8-2-3-1-4(9)5(10)6(13-3)7(11)12/h1,7H,2H2. The van der Waals surface area contributed by atoms with Crippen LogP contribution in [0.4, 0.5) is 8.78 Å². The maximum Gasteiger partial charge on any atom is 0.281 e. The molecule has 72 valence electrons. The van der Waals surface area contributed by atoms with Crippen LogP contribution in [0.5, 0.6) is 0 Å². The van der Waals surface area contributed by atoms with Crippen LogP contribution < -0.4 is 0 Å².